The summed E-state index contributed by atoms with van der Waals surface area (Å²) in [5.74, 6) is 1.48. The summed E-state index contributed by atoms with van der Waals surface area (Å²) in [6, 6.07) is 3.86. The third-order valence-corrected chi connectivity index (χ3v) is 3.36. The third-order valence-electron chi connectivity index (χ3n) is 3.36. The van der Waals surface area contributed by atoms with Crippen molar-refractivity contribution in [2.75, 3.05) is 0 Å². The van der Waals surface area contributed by atoms with Crippen LogP contribution in [0.1, 0.15) is 30.1 Å². The van der Waals surface area contributed by atoms with Gasteiger partial charge in [-0.05, 0) is 44.7 Å². The summed E-state index contributed by atoms with van der Waals surface area (Å²) < 4.78 is 5.21. The molecule has 0 spiro atoms. The van der Waals surface area contributed by atoms with Gasteiger partial charge in [-0.2, -0.15) is 4.98 Å². The Morgan fingerprint density at radius 3 is 2.58 bits per heavy atom. The van der Waals surface area contributed by atoms with Gasteiger partial charge in [0.25, 0.3) is 0 Å². The van der Waals surface area contributed by atoms with Gasteiger partial charge in [-0.1, -0.05) is 5.16 Å². The second-order valence-corrected chi connectivity index (χ2v) is 5.26. The highest BCUT2D eigenvalue weighted by molar-refractivity contribution is 5.55. The minimum absolute atomic E-state index is 0.353. The fourth-order valence-electron chi connectivity index (χ4n) is 2.25. The molecular weight excluding hydrogens is 242 g/mol. The summed E-state index contributed by atoms with van der Waals surface area (Å²) in [5, 5.41) is 13.8. The van der Waals surface area contributed by atoms with Gasteiger partial charge in [-0.15, -0.1) is 0 Å². The summed E-state index contributed by atoms with van der Waals surface area (Å²) in [6.45, 7) is 3.88. The van der Waals surface area contributed by atoms with Gasteiger partial charge >= 0.3 is 0 Å². The molecule has 1 saturated carbocycles. The number of hydrogen-bond donors (Lipinski definition) is 1. The van der Waals surface area contributed by atoms with Crippen LogP contribution in [0.15, 0.2) is 16.7 Å². The molecule has 0 aliphatic heterocycles. The Morgan fingerprint density at radius 1 is 1.26 bits per heavy atom. The van der Waals surface area contributed by atoms with E-state index >= 15 is 0 Å². The number of nitrogens with zero attached hydrogens (tertiary/aromatic N) is 3. The largest absolute Gasteiger partial charge is 0.392 e. The maximum atomic E-state index is 9.87. The Balaban J connectivity index is 1.79. The molecule has 1 aliphatic rings. The molecule has 2 heterocycles. The van der Waals surface area contributed by atoms with Crippen molar-refractivity contribution in [1.82, 2.24) is 15.1 Å². The minimum Gasteiger partial charge on any atom is -0.392 e. The highest BCUT2D eigenvalue weighted by atomic mass is 16.5. The summed E-state index contributed by atoms with van der Waals surface area (Å²) in [7, 11) is 0. The van der Waals surface area contributed by atoms with Gasteiger partial charge in [0.2, 0.25) is 11.7 Å². The van der Waals surface area contributed by atoms with Crippen molar-refractivity contribution in [3.8, 4) is 11.4 Å². The van der Waals surface area contributed by atoms with Gasteiger partial charge in [-0.25, -0.2) is 0 Å². The fraction of sp³-hybridized carbons (Fsp3) is 0.500. The number of aryl methyl sites for hydroxylation is 2. The van der Waals surface area contributed by atoms with E-state index in [-0.39, 0.29) is 6.10 Å². The maximum Gasteiger partial charge on any atom is 0.229 e. The molecule has 0 amide bonds. The molecule has 100 valence electrons. The van der Waals surface area contributed by atoms with E-state index in [1.165, 1.54) is 0 Å². The van der Waals surface area contributed by atoms with E-state index in [1.54, 1.807) is 0 Å². The van der Waals surface area contributed by atoms with Crippen molar-refractivity contribution in [1.29, 1.82) is 0 Å². The predicted octanol–water partition coefficient (Wildman–Crippen LogP) is 2.06. The van der Waals surface area contributed by atoms with Crippen LogP contribution in [-0.4, -0.2) is 26.3 Å². The van der Waals surface area contributed by atoms with Crippen LogP contribution in [-0.2, 0) is 6.42 Å². The van der Waals surface area contributed by atoms with Crippen LogP contribution in [0.3, 0.4) is 0 Å². The quantitative estimate of drug-likeness (QED) is 0.910. The topological polar surface area (TPSA) is 72.0 Å². The van der Waals surface area contributed by atoms with Gasteiger partial charge in [-0.3, -0.25) is 4.98 Å². The molecule has 19 heavy (non-hydrogen) atoms. The van der Waals surface area contributed by atoms with Gasteiger partial charge in [0.15, 0.2) is 0 Å². The average molecular weight is 259 g/mol. The molecule has 5 heteroatoms. The molecule has 0 radical (unpaired) electrons. The summed E-state index contributed by atoms with van der Waals surface area (Å²) >= 11 is 0. The lowest BCUT2D eigenvalue weighted by atomic mass is 10.1. The standard InChI is InChI=1S/C14H17N3O2/c1-8-5-11(6-9(2)15-8)14-16-13(19-17-14)7-12(18)10-3-4-10/h5-6,10,12,18H,3-4,7H2,1-2H3. The highest BCUT2D eigenvalue weighted by Crippen LogP contribution is 2.33. The highest BCUT2D eigenvalue weighted by Gasteiger charge is 2.31. The molecule has 1 fully saturated rings. The Kier molecular flexibility index (Phi) is 3.06. The van der Waals surface area contributed by atoms with Crippen LogP contribution in [0.25, 0.3) is 11.4 Å². The van der Waals surface area contributed by atoms with Crippen LogP contribution >= 0.6 is 0 Å². The van der Waals surface area contributed by atoms with E-state index in [4.69, 9.17) is 4.52 Å². The summed E-state index contributed by atoms with van der Waals surface area (Å²) in [4.78, 5) is 8.67. The van der Waals surface area contributed by atoms with Crippen LogP contribution in [0.4, 0.5) is 0 Å². The molecule has 0 saturated heterocycles. The molecule has 1 atom stereocenters. The van der Waals surface area contributed by atoms with Crippen LogP contribution < -0.4 is 0 Å². The van der Waals surface area contributed by atoms with Gasteiger partial charge in [0.05, 0.1) is 12.5 Å². The lowest BCUT2D eigenvalue weighted by molar-refractivity contribution is 0.140. The zero-order valence-electron chi connectivity index (χ0n) is 11.1. The first-order chi connectivity index (χ1) is 9.11. The lowest BCUT2D eigenvalue weighted by Gasteiger charge is -2.03. The van der Waals surface area contributed by atoms with Gasteiger partial charge in [0.1, 0.15) is 0 Å². The molecule has 3 rings (SSSR count). The molecule has 2 aromatic rings. The van der Waals surface area contributed by atoms with E-state index in [9.17, 15) is 5.11 Å². The van der Waals surface area contributed by atoms with Gasteiger partial charge < -0.3 is 9.63 Å². The lowest BCUT2D eigenvalue weighted by Crippen LogP contribution is -2.12. The van der Waals surface area contributed by atoms with Crippen molar-refractivity contribution < 1.29 is 9.63 Å². The SMILES string of the molecule is Cc1cc(-c2noc(CC(O)C3CC3)n2)cc(C)n1. The smallest absolute Gasteiger partial charge is 0.229 e. The molecule has 1 N–H and O–H groups in total. The first-order valence-corrected chi connectivity index (χ1v) is 6.58. The molecule has 1 unspecified atom stereocenters. The fourth-order valence-corrected chi connectivity index (χ4v) is 2.25. The number of rotatable bonds is 4. The molecule has 5 nitrogen and oxygen atoms in total. The summed E-state index contributed by atoms with van der Waals surface area (Å²) in [5.41, 5.74) is 2.76. The first kappa shape index (κ1) is 12.3. The van der Waals surface area contributed by atoms with Gasteiger partial charge in [0, 0.05) is 17.0 Å². The molecule has 2 aromatic heterocycles. The van der Waals surface area contributed by atoms with Crippen molar-refractivity contribution >= 4 is 0 Å². The maximum absolute atomic E-state index is 9.87. The number of hydrogen-bond acceptors (Lipinski definition) is 5. The molecular formula is C14H17N3O2. The Morgan fingerprint density at radius 2 is 1.95 bits per heavy atom. The van der Waals surface area contributed by atoms with Crippen LogP contribution in [0.5, 0.6) is 0 Å². The number of pyridine rings is 1. The number of aliphatic hydroxyl groups is 1. The van der Waals surface area contributed by atoms with Crippen LogP contribution in [0.2, 0.25) is 0 Å². The Bertz CT molecular complexity index is 570. The monoisotopic (exact) mass is 259 g/mol. The second-order valence-electron chi connectivity index (χ2n) is 5.26. The first-order valence-electron chi connectivity index (χ1n) is 6.58. The van der Waals surface area contributed by atoms with E-state index in [2.05, 4.69) is 15.1 Å². The van der Waals surface area contributed by atoms with E-state index in [0.717, 1.165) is 29.8 Å². The zero-order chi connectivity index (χ0) is 13.4. The predicted molar refractivity (Wildman–Crippen MR) is 69.4 cm³/mol. The normalized spacial score (nSPS) is 16.6. The average Bonchev–Trinajstić information content (AvgIpc) is 3.09. The molecule has 0 aromatic carbocycles. The van der Waals surface area contributed by atoms with Crippen LogP contribution in [0, 0.1) is 19.8 Å². The van der Waals surface area contributed by atoms with Crippen molar-refractivity contribution in [2.45, 2.75) is 39.2 Å². The zero-order valence-corrected chi connectivity index (χ0v) is 11.1. The number of aromatic nitrogens is 3. The minimum atomic E-state index is -0.353. The third kappa shape index (κ3) is 2.81. The van der Waals surface area contributed by atoms with E-state index in [0.29, 0.717) is 24.1 Å². The van der Waals surface area contributed by atoms with E-state index < -0.39 is 0 Å². The van der Waals surface area contributed by atoms with Crippen molar-refractivity contribution in [2.24, 2.45) is 5.92 Å². The molecule has 1 aliphatic carbocycles. The Hall–Kier alpha value is -1.75. The van der Waals surface area contributed by atoms with Crippen molar-refractivity contribution in [3.63, 3.8) is 0 Å². The van der Waals surface area contributed by atoms with E-state index in [1.807, 2.05) is 26.0 Å². The Labute approximate surface area is 111 Å². The summed E-state index contributed by atoms with van der Waals surface area (Å²) in [6.07, 6.45) is 2.30. The molecule has 0 bridgehead atoms. The van der Waals surface area contributed by atoms with Crippen molar-refractivity contribution in [3.05, 3.63) is 29.4 Å². The second kappa shape index (κ2) is 4.74. The number of aliphatic hydroxyl groups excluding tert-OH is 1.